The number of phenols is 1. The Kier molecular flexibility index (Phi) is 3.62. The lowest BCUT2D eigenvalue weighted by Gasteiger charge is -2.04. The molecule has 1 rings (SSSR count). The molecule has 0 aromatic heterocycles. The van der Waals surface area contributed by atoms with Crippen molar-refractivity contribution >= 4 is 17.5 Å². The molecule has 0 saturated carbocycles. The number of halogens is 3. The predicted molar refractivity (Wildman–Crippen MR) is 51.0 cm³/mol. The Labute approximate surface area is 88.1 Å². The number of aromatic hydroxyl groups is 1. The highest BCUT2D eigenvalue weighted by atomic mass is 32.2. The van der Waals surface area contributed by atoms with Crippen molar-refractivity contribution in [2.24, 2.45) is 0 Å². The molecule has 0 amide bonds. The highest BCUT2D eigenvalue weighted by Crippen LogP contribution is 2.30. The molecule has 6 heteroatoms. The zero-order valence-electron chi connectivity index (χ0n) is 7.41. The van der Waals surface area contributed by atoms with Crippen LogP contribution in [0, 0.1) is 0 Å². The number of rotatable bonds is 3. The molecule has 0 aliphatic rings. The van der Waals surface area contributed by atoms with Crippen molar-refractivity contribution in [1.29, 1.82) is 0 Å². The first-order chi connectivity index (χ1) is 6.88. The van der Waals surface area contributed by atoms with E-state index >= 15 is 0 Å². The molecule has 0 unspecified atom stereocenters. The Morgan fingerprint density at radius 2 is 1.80 bits per heavy atom. The molecule has 0 atom stereocenters. The summed E-state index contributed by atoms with van der Waals surface area (Å²) in [5.74, 6) is -1.29. The lowest BCUT2D eigenvalue weighted by atomic mass is 10.1. The number of carbonyl (C=O) groups excluding carboxylic acids is 1. The minimum absolute atomic E-state index is 0.0324. The van der Waals surface area contributed by atoms with Crippen LogP contribution in [-0.2, 0) is 0 Å². The van der Waals surface area contributed by atoms with E-state index in [-0.39, 0.29) is 23.1 Å². The molecule has 0 radical (unpaired) electrons. The van der Waals surface area contributed by atoms with Crippen LogP contribution in [0.1, 0.15) is 10.4 Å². The van der Waals surface area contributed by atoms with Crippen LogP contribution in [-0.4, -0.2) is 22.2 Å². The monoisotopic (exact) mass is 236 g/mol. The number of thioether (sulfide) groups is 1. The third kappa shape index (κ3) is 4.24. The number of carbonyl (C=O) groups is 1. The Balaban J connectivity index is 2.58. The topological polar surface area (TPSA) is 37.3 Å². The average molecular weight is 236 g/mol. The van der Waals surface area contributed by atoms with Crippen LogP contribution >= 0.6 is 11.8 Å². The molecule has 0 bridgehead atoms. The second kappa shape index (κ2) is 4.57. The fraction of sp³-hybridized carbons (Fsp3) is 0.222. The van der Waals surface area contributed by atoms with E-state index in [1.54, 1.807) is 0 Å². The van der Waals surface area contributed by atoms with E-state index in [4.69, 9.17) is 5.11 Å². The zero-order valence-corrected chi connectivity index (χ0v) is 8.23. The summed E-state index contributed by atoms with van der Waals surface area (Å²) < 4.78 is 35.3. The summed E-state index contributed by atoms with van der Waals surface area (Å²) in [5, 5.41) is 8.90. The standard InChI is InChI=1S/C9H7F3O2S/c10-9(11,12)15-5-8(14)6-1-3-7(13)4-2-6/h1-4,13H,5H2. The number of hydrogen-bond donors (Lipinski definition) is 1. The molecule has 15 heavy (non-hydrogen) atoms. The number of Topliss-reactive ketones (excluding diaryl/α,β-unsaturated/α-hetero) is 1. The molecule has 1 aromatic rings. The maximum absolute atomic E-state index is 11.8. The van der Waals surface area contributed by atoms with Gasteiger partial charge in [-0.15, -0.1) is 0 Å². The third-order valence-electron chi connectivity index (χ3n) is 1.56. The molecule has 2 nitrogen and oxygen atoms in total. The predicted octanol–water partition coefficient (Wildman–Crippen LogP) is 2.83. The molecular weight excluding hydrogens is 229 g/mol. The number of hydrogen-bond acceptors (Lipinski definition) is 3. The lowest BCUT2D eigenvalue weighted by Crippen LogP contribution is -2.09. The maximum Gasteiger partial charge on any atom is 0.442 e. The Morgan fingerprint density at radius 3 is 2.27 bits per heavy atom. The van der Waals surface area contributed by atoms with Gasteiger partial charge in [0, 0.05) is 5.56 Å². The highest BCUT2D eigenvalue weighted by molar-refractivity contribution is 8.00. The second-order valence-electron chi connectivity index (χ2n) is 2.70. The van der Waals surface area contributed by atoms with Crippen molar-refractivity contribution in [2.45, 2.75) is 5.51 Å². The van der Waals surface area contributed by atoms with Crippen LogP contribution < -0.4 is 0 Å². The zero-order chi connectivity index (χ0) is 11.5. The van der Waals surface area contributed by atoms with Gasteiger partial charge in [0.2, 0.25) is 0 Å². The van der Waals surface area contributed by atoms with Gasteiger partial charge in [0.1, 0.15) is 5.75 Å². The number of phenolic OH excluding ortho intramolecular Hbond substituents is 1. The first-order valence-electron chi connectivity index (χ1n) is 3.91. The van der Waals surface area contributed by atoms with E-state index < -0.39 is 17.0 Å². The van der Waals surface area contributed by atoms with Crippen LogP contribution in [0.15, 0.2) is 24.3 Å². The Morgan fingerprint density at radius 1 is 1.27 bits per heavy atom. The molecule has 0 fully saturated rings. The van der Waals surface area contributed by atoms with Gasteiger partial charge in [0.25, 0.3) is 0 Å². The summed E-state index contributed by atoms with van der Waals surface area (Å²) in [6.07, 6.45) is 0. The molecular formula is C9H7F3O2S. The average Bonchev–Trinajstić information content (AvgIpc) is 2.14. The van der Waals surface area contributed by atoms with Crippen molar-refractivity contribution in [3.63, 3.8) is 0 Å². The van der Waals surface area contributed by atoms with E-state index in [1.807, 2.05) is 0 Å². The first kappa shape index (κ1) is 11.9. The van der Waals surface area contributed by atoms with Crippen LogP contribution in [0.2, 0.25) is 0 Å². The van der Waals surface area contributed by atoms with Gasteiger partial charge in [-0.1, -0.05) is 0 Å². The van der Waals surface area contributed by atoms with Crippen LogP contribution in [0.5, 0.6) is 5.75 Å². The Hall–Kier alpha value is -1.17. The van der Waals surface area contributed by atoms with Gasteiger partial charge in [0.05, 0.1) is 5.75 Å². The van der Waals surface area contributed by atoms with Crippen LogP contribution in [0.3, 0.4) is 0 Å². The highest BCUT2D eigenvalue weighted by Gasteiger charge is 2.29. The van der Waals surface area contributed by atoms with Crippen LogP contribution in [0.25, 0.3) is 0 Å². The van der Waals surface area contributed by atoms with Gasteiger partial charge in [-0.25, -0.2) is 0 Å². The van der Waals surface area contributed by atoms with E-state index in [0.717, 1.165) is 0 Å². The maximum atomic E-state index is 11.8. The summed E-state index contributed by atoms with van der Waals surface area (Å²) >= 11 is -0.371. The molecule has 1 N–H and O–H groups in total. The quantitative estimate of drug-likeness (QED) is 0.820. The smallest absolute Gasteiger partial charge is 0.442 e. The van der Waals surface area contributed by atoms with E-state index in [1.165, 1.54) is 24.3 Å². The summed E-state index contributed by atoms with van der Waals surface area (Å²) in [5.41, 5.74) is -4.24. The van der Waals surface area contributed by atoms with Crippen molar-refractivity contribution in [2.75, 3.05) is 5.75 Å². The van der Waals surface area contributed by atoms with Gasteiger partial charge in [0.15, 0.2) is 5.78 Å². The van der Waals surface area contributed by atoms with Gasteiger partial charge in [-0.3, -0.25) is 4.79 Å². The van der Waals surface area contributed by atoms with E-state index in [9.17, 15) is 18.0 Å². The van der Waals surface area contributed by atoms with Gasteiger partial charge >= 0.3 is 5.51 Å². The van der Waals surface area contributed by atoms with Gasteiger partial charge in [-0.05, 0) is 36.0 Å². The molecule has 1 aromatic carbocycles. The molecule has 0 aliphatic heterocycles. The van der Waals surface area contributed by atoms with E-state index in [2.05, 4.69) is 0 Å². The fourth-order valence-corrected chi connectivity index (χ4v) is 1.34. The second-order valence-corrected chi connectivity index (χ2v) is 3.74. The molecule has 0 aliphatic carbocycles. The summed E-state index contributed by atoms with van der Waals surface area (Å²) in [6, 6.07) is 5.08. The molecule has 0 spiro atoms. The SMILES string of the molecule is O=C(CSC(F)(F)F)c1ccc(O)cc1. The Bertz CT molecular complexity index is 345. The molecule has 0 heterocycles. The summed E-state index contributed by atoms with van der Waals surface area (Å²) in [4.78, 5) is 11.2. The minimum atomic E-state index is -4.40. The largest absolute Gasteiger partial charge is 0.508 e. The van der Waals surface area contributed by atoms with Crippen LogP contribution in [0.4, 0.5) is 13.2 Å². The fourth-order valence-electron chi connectivity index (χ4n) is 0.878. The molecule has 0 saturated heterocycles. The number of alkyl halides is 3. The van der Waals surface area contributed by atoms with E-state index in [0.29, 0.717) is 0 Å². The number of ketones is 1. The molecule has 82 valence electrons. The van der Waals surface area contributed by atoms with Crippen molar-refractivity contribution in [1.82, 2.24) is 0 Å². The summed E-state index contributed by atoms with van der Waals surface area (Å²) in [6.45, 7) is 0. The van der Waals surface area contributed by atoms with Crippen molar-refractivity contribution < 1.29 is 23.1 Å². The van der Waals surface area contributed by atoms with Crippen molar-refractivity contribution in [3.8, 4) is 5.75 Å². The van der Waals surface area contributed by atoms with Crippen molar-refractivity contribution in [3.05, 3.63) is 29.8 Å². The van der Waals surface area contributed by atoms with Gasteiger partial charge < -0.3 is 5.11 Å². The first-order valence-corrected chi connectivity index (χ1v) is 4.90. The third-order valence-corrected chi connectivity index (χ3v) is 2.29. The lowest BCUT2D eigenvalue weighted by molar-refractivity contribution is -0.0327. The minimum Gasteiger partial charge on any atom is -0.508 e. The van der Waals surface area contributed by atoms with Gasteiger partial charge in [-0.2, -0.15) is 13.2 Å². The summed E-state index contributed by atoms with van der Waals surface area (Å²) in [7, 11) is 0. The number of benzene rings is 1. The normalized spacial score (nSPS) is 11.4.